The van der Waals surface area contributed by atoms with Gasteiger partial charge in [-0.2, -0.15) is 4.80 Å². The lowest BCUT2D eigenvalue weighted by Crippen LogP contribution is -2.20. The van der Waals surface area contributed by atoms with Gasteiger partial charge in [-0.25, -0.2) is 0 Å². The Bertz CT molecular complexity index is 858. The van der Waals surface area contributed by atoms with Crippen LogP contribution in [0.5, 0.6) is 0 Å². The third-order valence-corrected chi connectivity index (χ3v) is 3.22. The monoisotopic (exact) mass is 322 g/mol. The van der Waals surface area contributed by atoms with Gasteiger partial charge in [-0.15, -0.1) is 10.2 Å². The Morgan fingerprint density at radius 1 is 1.04 bits per heavy atom. The molecule has 8 nitrogen and oxygen atoms in total. The van der Waals surface area contributed by atoms with Crippen molar-refractivity contribution in [3.63, 3.8) is 0 Å². The second-order valence-electron chi connectivity index (χ2n) is 5.00. The summed E-state index contributed by atoms with van der Waals surface area (Å²) in [6, 6.07) is 15.6. The molecule has 3 N–H and O–H groups in total. The molecular weight excluding hydrogens is 308 g/mol. The Labute approximate surface area is 137 Å². The molecule has 1 aromatic heterocycles. The Kier molecular flexibility index (Phi) is 4.28. The summed E-state index contributed by atoms with van der Waals surface area (Å²) in [5, 5.41) is 14.7. The maximum absolute atomic E-state index is 12.0. The van der Waals surface area contributed by atoms with Gasteiger partial charge in [0.05, 0.1) is 0 Å². The number of anilines is 1. The molecule has 0 bridgehead atoms. The smallest absolute Gasteiger partial charge is 0.248 e. The van der Waals surface area contributed by atoms with Gasteiger partial charge >= 0.3 is 0 Å². The molecule has 0 saturated heterocycles. The zero-order valence-electron chi connectivity index (χ0n) is 12.6. The minimum Gasteiger partial charge on any atom is -0.366 e. The molecule has 120 valence electrons. The number of rotatable bonds is 5. The van der Waals surface area contributed by atoms with E-state index >= 15 is 0 Å². The van der Waals surface area contributed by atoms with Crippen molar-refractivity contribution in [3.8, 4) is 11.4 Å². The molecule has 8 heteroatoms. The highest BCUT2D eigenvalue weighted by Gasteiger charge is 2.10. The first-order valence-electron chi connectivity index (χ1n) is 7.15. The molecule has 0 saturated carbocycles. The van der Waals surface area contributed by atoms with Crippen LogP contribution in [0.4, 0.5) is 5.69 Å². The zero-order chi connectivity index (χ0) is 16.9. The Morgan fingerprint density at radius 2 is 1.75 bits per heavy atom. The number of nitrogens with two attached hydrogens (primary N) is 1. The van der Waals surface area contributed by atoms with Crippen LogP contribution >= 0.6 is 0 Å². The van der Waals surface area contributed by atoms with E-state index in [1.165, 1.54) is 4.80 Å². The highest BCUT2D eigenvalue weighted by atomic mass is 16.2. The fourth-order valence-electron chi connectivity index (χ4n) is 2.06. The minimum absolute atomic E-state index is 0.0543. The van der Waals surface area contributed by atoms with Crippen LogP contribution in [-0.4, -0.2) is 32.0 Å². The summed E-state index contributed by atoms with van der Waals surface area (Å²) in [7, 11) is 0. The predicted molar refractivity (Wildman–Crippen MR) is 86.8 cm³/mol. The van der Waals surface area contributed by atoms with E-state index in [0.29, 0.717) is 22.6 Å². The van der Waals surface area contributed by atoms with Crippen LogP contribution in [0.25, 0.3) is 11.4 Å². The third-order valence-electron chi connectivity index (χ3n) is 3.22. The second-order valence-corrected chi connectivity index (χ2v) is 5.00. The van der Waals surface area contributed by atoms with Crippen LogP contribution in [0, 0.1) is 0 Å². The number of benzene rings is 2. The second kappa shape index (κ2) is 6.69. The fourth-order valence-corrected chi connectivity index (χ4v) is 2.06. The molecule has 3 aromatic rings. The SMILES string of the molecule is NC(=O)c1ccc(-c2nnn(CC(=O)Nc3ccccc3)n2)cc1. The highest BCUT2D eigenvalue weighted by Crippen LogP contribution is 2.14. The highest BCUT2D eigenvalue weighted by molar-refractivity contribution is 5.93. The van der Waals surface area contributed by atoms with E-state index < -0.39 is 5.91 Å². The average Bonchev–Trinajstić information content (AvgIpc) is 3.04. The summed E-state index contributed by atoms with van der Waals surface area (Å²) in [6.45, 7) is -0.0543. The molecule has 0 aliphatic carbocycles. The largest absolute Gasteiger partial charge is 0.366 e. The Hall–Kier alpha value is -3.55. The van der Waals surface area contributed by atoms with Crippen LogP contribution in [-0.2, 0) is 11.3 Å². The van der Waals surface area contributed by atoms with Crippen LogP contribution in [0.2, 0.25) is 0 Å². The lowest BCUT2D eigenvalue weighted by atomic mass is 10.1. The molecule has 3 rings (SSSR count). The van der Waals surface area contributed by atoms with E-state index in [-0.39, 0.29) is 12.5 Å². The van der Waals surface area contributed by atoms with Gasteiger partial charge in [0.15, 0.2) is 0 Å². The molecular formula is C16H14N6O2. The van der Waals surface area contributed by atoms with E-state index in [1.54, 1.807) is 36.4 Å². The van der Waals surface area contributed by atoms with Gasteiger partial charge in [0.2, 0.25) is 17.6 Å². The van der Waals surface area contributed by atoms with Gasteiger partial charge in [0, 0.05) is 16.8 Å². The van der Waals surface area contributed by atoms with Gasteiger partial charge in [-0.05, 0) is 29.5 Å². The Balaban J connectivity index is 1.67. The number of carbonyl (C=O) groups is 2. The van der Waals surface area contributed by atoms with Gasteiger partial charge in [-0.1, -0.05) is 30.3 Å². The topological polar surface area (TPSA) is 116 Å². The van der Waals surface area contributed by atoms with Crippen molar-refractivity contribution in [2.75, 3.05) is 5.32 Å². The number of nitrogens with zero attached hydrogens (tertiary/aromatic N) is 4. The number of para-hydroxylation sites is 1. The normalized spacial score (nSPS) is 10.3. The van der Waals surface area contributed by atoms with Crippen molar-refractivity contribution in [3.05, 3.63) is 60.2 Å². The third kappa shape index (κ3) is 3.61. The van der Waals surface area contributed by atoms with Crippen LogP contribution in [0.1, 0.15) is 10.4 Å². The van der Waals surface area contributed by atoms with E-state index in [9.17, 15) is 9.59 Å². The van der Waals surface area contributed by atoms with Crippen LogP contribution < -0.4 is 11.1 Å². The first-order chi connectivity index (χ1) is 11.6. The van der Waals surface area contributed by atoms with Gasteiger partial charge < -0.3 is 11.1 Å². The molecule has 0 aliphatic rings. The van der Waals surface area contributed by atoms with Crippen molar-refractivity contribution in [2.24, 2.45) is 5.73 Å². The van der Waals surface area contributed by atoms with Crippen molar-refractivity contribution in [2.45, 2.75) is 6.54 Å². The van der Waals surface area contributed by atoms with E-state index in [1.807, 2.05) is 18.2 Å². The number of hydrogen-bond acceptors (Lipinski definition) is 5. The van der Waals surface area contributed by atoms with Gasteiger partial charge in [0.1, 0.15) is 6.54 Å². The number of amides is 2. The number of hydrogen-bond donors (Lipinski definition) is 2. The quantitative estimate of drug-likeness (QED) is 0.729. The molecule has 1 heterocycles. The summed E-state index contributed by atoms with van der Waals surface area (Å²) >= 11 is 0. The van der Waals surface area contributed by atoms with Crippen LogP contribution in [0.15, 0.2) is 54.6 Å². The molecule has 2 amide bonds. The van der Waals surface area contributed by atoms with Crippen LogP contribution in [0.3, 0.4) is 0 Å². The molecule has 0 atom stereocenters. The molecule has 0 unspecified atom stereocenters. The minimum atomic E-state index is -0.504. The first-order valence-corrected chi connectivity index (χ1v) is 7.15. The van der Waals surface area contributed by atoms with E-state index in [4.69, 9.17) is 5.73 Å². The maximum Gasteiger partial charge on any atom is 0.248 e. The summed E-state index contributed by atoms with van der Waals surface area (Å²) in [6.07, 6.45) is 0. The number of aromatic nitrogens is 4. The van der Waals surface area contributed by atoms with Crippen molar-refractivity contribution >= 4 is 17.5 Å². The summed E-state index contributed by atoms with van der Waals surface area (Å²) in [5.41, 5.74) is 6.96. The summed E-state index contributed by atoms with van der Waals surface area (Å²) < 4.78 is 0. The number of nitrogens with one attached hydrogen (secondary N) is 1. The van der Waals surface area contributed by atoms with Crippen molar-refractivity contribution < 1.29 is 9.59 Å². The lowest BCUT2D eigenvalue weighted by Gasteiger charge is -2.03. The summed E-state index contributed by atoms with van der Waals surface area (Å²) in [4.78, 5) is 24.2. The molecule has 24 heavy (non-hydrogen) atoms. The van der Waals surface area contributed by atoms with Crippen molar-refractivity contribution in [1.82, 2.24) is 20.2 Å². The zero-order valence-corrected chi connectivity index (χ0v) is 12.6. The van der Waals surface area contributed by atoms with Gasteiger partial charge in [0.25, 0.3) is 0 Å². The van der Waals surface area contributed by atoms with Gasteiger partial charge in [-0.3, -0.25) is 9.59 Å². The van der Waals surface area contributed by atoms with E-state index in [0.717, 1.165) is 0 Å². The maximum atomic E-state index is 12.0. The summed E-state index contributed by atoms with van der Waals surface area (Å²) in [5.74, 6) is -0.400. The number of tetrazole rings is 1. The molecule has 0 radical (unpaired) electrons. The average molecular weight is 322 g/mol. The predicted octanol–water partition coefficient (Wildman–Crippen LogP) is 1.08. The van der Waals surface area contributed by atoms with E-state index in [2.05, 4.69) is 20.7 Å². The molecule has 0 aliphatic heterocycles. The molecule has 0 spiro atoms. The number of carbonyl (C=O) groups excluding carboxylic acids is 2. The van der Waals surface area contributed by atoms with Crippen molar-refractivity contribution in [1.29, 1.82) is 0 Å². The first kappa shape index (κ1) is 15.3. The molecule has 2 aromatic carbocycles. The Morgan fingerprint density at radius 3 is 2.42 bits per heavy atom. The standard InChI is InChI=1S/C16H14N6O2/c17-15(24)11-6-8-12(9-7-11)16-19-21-22(20-16)10-14(23)18-13-4-2-1-3-5-13/h1-9H,10H2,(H2,17,24)(H,18,23). The lowest BCUT2D eigenvalue weighted by molar-refractivity contribution is -0.117. The number of primary amides is 1. The fraction of sp³-hybridized carbons (Fsp3) is 0.0625. The molecule has 0 fully saturated rings.